The van der Waals surface area contributed by atoms with E-state index in [4.69, 9.17) is 11.5 Å². The molecule has 8 nitrogen and oxygen atoms in total. The lowest BCUT2D eigenvalue weighted by Crippen LogP contribution is -2.46. The van der Waals surface area contributed by atoms with Crippen molar-refractivity contribution in [1.29, 1.82) is 0 Å². The number of aromatic nitrogens is 1. The lowest BCUT2D eigenvalue weighted by molar-refractivity contribution is -0.123. The van der Waals surface area contributed by atoms with E-state index < -0.39 is 17.9 Å². The number of hydrogen-bond acceptors (Lipinski definition) is 6. The van der Waals surface area contributed by atoms with Crippen LogP contribution in [-0.4, -0.2) is 28.1 Å². The summed E-state index contributed by atoms with van der Waals surface area (Å²) in [6.07, 6.45) is 3.95. The number of primary amides is 1. The van der Waals surface area contributed by atoms with Gasteiger partial charge in [-0.1, -0.05) is 60.9 Å². The molecule has 0 saturated heterocycles. The van der Waals surface area contributed by atoms with Crippen LogP contribution in [0.15, 0.2) is 48.5 Å². The van der Waals surface area contributed by atoms with Gasteiger partial charge in [-0.05, 0) is 55.4 Å². The van der Waals surface area contributed by atoms with Crippen LogP contribution in [-0.2, 0) is 4.79 Å². The Morgan fingerprint density at radius 2 is 1.71 bits per heavy atom. The van der Waals surface area contributed by atoms with Crippen molar-refractivity contribution in [3.05, 3.63) is 75.8 Å². The van der Waals surface area contributed by atoms with Crippen LogP contribution in [0.25, 0.3) is 0 Å². The van der Waals surface area contributed by atoms with Crippen LogP contribution in [0.3, 0.4) is 0 Å². The van der Waals surface area contributed by atoms with Crippen LogP contribution in [0.5, 0.6) is 0 Å². The maximum atomic E-state index is 14.1. The van der Waals surface area contributed by atoms with Crippen molar-refractivity contribution in [2.24, 2.45) is 5.73 Å². The summed E-state index contributed by atoms with van der Waals surface area (Å²) in [6, 6.07) is 14.0. The standard InChI is InChI=1S/C26H29N5O3S/c1-15-11-13-17(14-12-15)22(25(33)29-18-8-4-5-9-18)31(19-10-6-3-7-16(19)2)26(34)23-20(27)21(24(28)32)30-35-23/h3,6-7,10-14,18,22H,4-5,8-9,27H2,1-2H3,(H2,28,32)(H,29,33)/t22-/m1/s1. The Labute approximate surface area is 208 Å². The molecule has 5 N–H and O–H groups in total. The van der Waals surface area contributed by atoms with E-state index in [2.05, 4.69) is 9.69 Å². The van der Waals surface area contributed by atoms with Gasteiger partial charge in [0.1, 0.15) is 10.9 Å². The maximum Gasteiger partial charge on any atom is 0.273 e. The fourth-order valence-corrected chi connectivity index (χ4v) is 5.20. The number of hydrogen-bond donors (Lipinski definition) is 3. The third-order valence-electron chi connectivity index (χ3n) is 6.35. The Kier molecular flexibility index (Phi) is 7.16. The van der Waals surface area contributed by atoms with E-state index in [-0.39, 0.29) is 28.2 Å². The second kappa shape index (κ2) is 10.3. The average molecular weight is 492 g/mol. The zero-order valence-electron chi connectivity index (χ0n) is 19.8. The van der Waals surface area contributed by atoms with Crippen LogP contribution < -0.4 is 21.7 Å². The molecule has 3 aromatic rings. The number of carbonyl (C=O) groups is 3. The highest BCUT2D eigenvalue weighted by Gasteiger charge is 2.37. The summed E-state index contributed by atoms with van der Waals surface area (Å²) < 4.78 is 4.00. The molecule has 182 valence electrons. The third kappa shape index (κ3) is 5.05. The number of para-hydroxylation sites is 1. The Bertz CT molecular complexity index is 1250. The van der Waals surface area contributed by atoms with Crippen LogP contribution in [0, 0.1) is 13.8 Å². The smallest absolute Gasteiger partial charge is 0.273 e. The Morgan fingerprint density at radius 3 is 2.31 bits per heavy atom. The number of benzene rings is 2. The van der Waals surface area contributed by atoms with Crippen molar-refractivity contribution in [3.63, 3.8) is 0 Å². The molecular weight excluding hydrogens is 462 g/mol. The third-order valence-corrected chi connectivity index (χ3v) is 7.20. The molecule has 0 unspecified atom stereocenters. The molecule has 1 aromatic heterocycles. The Balaban J connectivity index is 1.86. The topological polar surface area (TPSA) is 131 Å². The summed E-state index contributed by atoms with van der Waals surface area (Å²) in [5.41, 5.74) is 14.4. The number of anilines is 2. The lowest BCUT2D eigenvalue weighted by atomic mass is 9.99. The van der Waals surface area contributed by atoms with Crippen LogP contribution >= 0.6 is 11.5 Å². The minimum Gasteiger partial charge on any atom is -0.395 e. The fourth-order valence-electron chi connectivity index (χ4n) is 4.45. The highest BCUT2D eigenvalue weighted by atomic mass is 32.1. The molecule has 2 aromatic carbocycles. The van der Waals surface area contributed by atoms with Crippen molar-refractivity contribution < 1.29 is 14.4 Å². The first kappa shape index (κ1) is 24.4. The molecular formula is C26H29N5O3S. The summed E-state index contributed by atoms with van der Waals surface area (Å²) in [7, 11) is 0. The van der Waals surface area contributed by atoms with E-state index in [0.717, 1.165) is 48.3 Å². The number of rotatable bonds is 7. The zero-order chi connectivity index (χ0) is 25.1. The van der Waals surface area contributed by atoms with Crippen molar-refractivity contribution in [2.45, 2.75) is 51.6 Å². The number of aryl methyl sites for hydroxylation is 2. The zero-order valence-corrected chi connectivity index (χ0v) is 20.6. The second-order valence-corrected chi connectivity index (χ2v) is 9.68. The van der Waals surface area contributed by atoms with Gasteiger partial charge in [-0.15, -0.1) is 0 Å². The number of nitrogens with one attached hydrogen (secondary N) is 1. The molecule has 35 heavy (non-hydrogen) atoms. The van der Waals surface area contributed by atoms with Gasteiger partial charge >= 0.3 is 0 Å². The van der Waals surface area contributed by atoms with Crippen molar-refractivity contribution in [2.75, 3.05) is 10.6 Å². The van der Waals surface area contributed by atoms with Crippen LogP contribution in [0.1, 0.15) is 68.6 Å². The molecule has 0 aliphatic heterocycles. The molecule has 1 aliphatic carbocycles. The van der Waals surface area contributed by atoms with E-state index in [9.17, 15) is 14.4 Å². The molecule has 4 rings (SSSR count). The minimum atomic E-state index is -0.955. The van der Waals surface area contributed by atoms with Gasteiger partial charge in [0, 0.05) is 11.7 Å². The van der Waals surface area contributed by atoms with Crippen molar-refractivity contribution >= 4 is 40.6 Å². The summed E-state index contributed by atoms with van der Waals surface area (Å²) in [4.78, 5) is 41.1. The molecule has 0 spiro atoms. The largest absolute Gasteiger partial charge is 0.395 e. The first-order valence-electron chi connectivity index (χ1n) is 11.6. The van der Waals surface area contributed by atoms with E-state index in [0.29, 0.717) is 11.3 Å². The van der Waals surface area contributed by atoms with E-state index >= 15 is 0 Å². The van der Waals surface area contributed by atoms with Crippen LogP contribution in [0.4, 0.5) is 11.4 Å². The predicted octanol–water partition coefficient (Wildman–Crippen LogP) is 3.89. The summed E-state index contributed by atoms with van der Waals surface area (Å²) in [6.45, 7) is 3.84. The molecule has 1 saturated carbocycles. The molecule has 0 bridgehead atoms. The quantitative estimate of drug-likeness (QED) is 0.461. The van der Waals surface area contributed by atoms with E-state index in [1.54, 1.807) is 6.07 Å². The lowest BCUT2D eigenvalue weighted by Gasteiger charge is -2.33. The van der Waals surface area contributed by atoms with E-state index in [1.807, 2.05) is 56.3 Å². The normalized spacial score (nSPS) is 14.5. The molecule has 1 aliphatic rings. The number of nitrogens with two attached hydrogens (primary N) is 2. The predicted molar refractivity (Wildman–Crippen MR) is 137 cm³/mol. The average Bonchev–Trinajstić information content (AvgIpc) is 3.48. The monoisotopic (exact) mass is 491 g/mol. The maximum absolute atomic E-state index is 14.1. The van der Waals surface area contributed by atoms with Gasteiger partial charge in [0.25, 0.3) is 11.8 Å². The van der Waals surface area contributed by atoms with Gasteiger partial charge in [-0.3, -0.25) is 19.3 Å². The number of nitrogens with zero attached hydrogens (tertiary/aromatic N) is 2. The first-order chi connectivity index (χ1) is 16.8. The van der Waals surface area contributed by atoms with Crippen LogP contribution in [0.2, 0.25) is 0 Å². The number of carbonyl (C=O) groups excluding carboxylic acids is 3. The molecule has 1 atom stereocenters. The van der Waals surface area contributed by atoms with Crippen molar-refractivity contribution in [3.8, 4) is 0 Å². The fraction of sp³-hybridized carbons (Fsp3) is 0.308. The Hall–Kier alpha value is -3.72. The van der Waals surface area contributed by atoms with Gasteiger partial charge in [0.05, 0.1) is 5.69 Å². The van der Waals surface area contributed by atoms with Gasteiger partial charge in [-0.25, -0.2) is 0 Å². The minimum absolute atomic E-state index is 0.0628. The SMILES string of the molecule is Cc1ccc([C@H](C(=O)NC2CCCC2)N(C(=O)c2snc(C(N)=O)c2N)c2ccccc2C)cc1. The Morgan fingerprint density at radius 1 is 1.06 bits per heavy atom. The van der Waals surface area contributed by atoms with Gasteiger partial charge in [0.15, 0.2) is 5.69 Å². The summed E-state index contributed by atoms with van der Waals surface area (Å²) >= 11 is 0.802. The summed E-state index contributed by atoms with van der Waals surface area (Å²) in [5.74, 6) is -1.60. The van der Waals surface area contributed by atoms with Gasteiger partial charge in [0.2, 0.25) is 5.91 Å². The molecule has 1 fully saturated rings. The van der Waals surface area contributed by atoms with E-state index in [1.165, 1.54) is 4.90 Å². The highest BCUT2D eigenvalue weighted by Crippen LogP contribution is 2.35. The van der Waals surface area contributed by atoms with Gasteiger partial charge in [-0.2, -0.15) is 4.37 Å². The second-order valence-electron chi connectivity index (χ2n) is 8.90. The summed E-state index contributed by atoms with van der Waals surface area (Å²) in [5, 5.41) is 3.16. The first-order valence-corrected chi connectivity index (χ1v) is 12.4. The highest BCUT2D eigenvalue weighted by molar-refractivity contribution is 7.09. The molecule has 0 radical (unpaired) electrons. The van der Waals surface area contributed by atoms with Crippen molar-refractivity contribution in [1.82, 2.24) is 9.69 Å². The number of amides is 3. The molecule has 9 heteroatoms. The van der Waals surface area contributed by atoms with Gasteiger partial charge < -0.3 is 16.8 Å². The molecule has 1 heterocycles. The molecule has 3 amide bonds. The number of nitrogen functional groups attached to an aromatic ring is 1.